The second-order valence-electron chi connectivity index (χ2n) is 10.0. The van der Waals surface area contributed by atoms with Crippen molar-refractivity contribution >= 4 is 0 Å². The van der Waals surface area contributed by atoms with Crippen LogP contribution in [0.2, 0.25) is 0 Å². The van der Waals surface area contributed by atoms with E-state index in [0.29, 0.717) is 6.61 Å². The van der Waals surface area contributed by atoms with E-state index >= 15 is 0 Å². The number of aliphatic hydroxyl groups excluding tert-OH is 7. The first-order valence-electron chi connectivity index (χ1n) is 13.4. The number of hydrogen-bond donors (Lipinski definition) is 7. The van der Waals surface area contributed by atoms with Crippen LogP contribution in [0.15, 0.2) is 0 Å². The van der Waals surface area contributed by atoms with Crippen LogP contribution in [0.25, 0.3) is 0 Å². The van der Waals surface area contributed by atoms with Crippen LogP contribution in [0.3, 0.4) is 0 Å². The molecular formula is C25H48O10. The summed E-state index contributed by atoms with van der Waals surface area (Å²) < 4.78 is 17.0. The standard InChI is InChI=1S/C25H48O10/c1-2-3-4-5-6-7-8-9-10-11-12-33-25-23(32)22(31)24(18(15-27)35-25)34-17-13-16(14-26)19(28)21(30)20(17)29/h16-32H,2-15H2,1H3/t16-,17-,18-,19+,20+,21+,22-,23-,24+,25-/m1/s1. The Morgan fingerprint density at radius 1 is 0.686 bits per heavy atom. The summed E-state index contributed by atoms with van der Waals surface area (Å²) in [5, 5.41) is 70.7. The SMILES string of the molecule is CCCCCCCCCCCCO[C@@H]1O[C@H](CO)[C@H](O[C@@H]2C[C@H](CO)[C@H](O)[C@H](O)[C@H]2O)[C@H](O)[C@H]1O. The highest BCUT2D eigenvalue weighted by Crippen LogP contribution is 2.32. The number of unbranched alkanes of at least 4 members (excludes halogenated alkanes) is 9. The van der Waals surface area contributed by atoms with Gasteiger partial charge < -0.3 is 50.0 Å². The summed E-state index contributed by atoms with van der Waals surface area (Å²) in [5.41, 5.74) is 0. The summed E-state index contributed by atoms with van der Waals surface area (Å²) in [6, 6.07) is 0. The van der Waals surface area contributed by atoms with Crippen molar-refractivity contribution in [3.8, 4) is 0 Å². The summed E-state index contributed by atoms with van der Waals surface area (Å²) >= 11 is 0. The average Bonchev–Trinajstić information content (AvgIpc) is 2.86. The number of rotatable bonds is 16. The number of aliphatic hydroxyl groups is 7. The molecule has 0 spiro atoms. The van der Waals surface area contributed by atoms with Gasteiger partial charge in [-0.05, 0) is 12.8 Å². The first-order valence-corrected chi connectivity index (χ1v) is 13.4. The maximum Gasteiger partial charge on any atom is 0.186 e. The Balaban J connectivity index is 1.74. The van der Waals surface area contributed by atoms with Crippen LogP contribution in [0.4, 0.5) is 0 Å². The Morgan fingerprint density at radius 3 is 1.86 bits per heavy atom. The Labute approximate surface area is 208 Å². The molecule has 1 aliphatic carbocycles. The van der Waals surface area contributed by atoms with Crippen LogP contribution in [-0.2, 0) is 14.2 Å². The van der Waals surface area contributed by atoms with Gasteiger partial charge >= 0.3 is 0 Å². The van der Waals surface area contributed by atoms with E-state index in [0.717, 1.165) is 19.3 Å². The van der Waals surface area contributed by atoms with E-state index < -0.39 is 74.3 Å². The molecule has 2 rings (SSSR count). The fourth-order valence-electron chi connectivity index (χ4n) is 4.95. The van der Waals surface area contributed by atoms with Crippen molar-refractivity contribution in [3.63, 3.8) is 0 Å². The minimum absolute atomic E-state index is 0.0199. The molecule has 10 atom stereocenters. The molecule has 10 heteroatoms. The lowest BCUT2D eigenvalue weighted by Gasteiger charge is -2.46. The molecule has 0 amide bonds. The number of hydrogen-bond acceptors (Lipinski definition) is 10. The van der Waals surface area contributed by atoms with Crippen molar-refractivity contribution in [2.75, 3.05) is 19.8 Å². The molecule has 1 saturated carbocycles. The normalized spacial score (nSPS) is 38.1. The maximum atomic E-state index is 10.7. The van der Waals surface area contributed by atoms with E-state index in [1.54, 1.807) is 0 Å². The highest BCUT2D eigenvalue weighted by Gasteiger charge is 2.50. The van der Waals surface area contributed by atoms with Gasteiger partial charge in [0, 0.05) is 19.1 Å². The van der Waals surface area contributed by atoms with Crippen LogP contribution >= 0.6 is 0 Å². The minimum atomic E-state index is -1.54. The first kappa shape index (κ1) is 30.8. The largest absolute Gasteiger partial charge is 0.396 e. The zero-order valence-electron chi connectivity index (χ0n) is 21.0. The van der Waals surface area contributed by atoms with Gasteiger partial charge in [-0.15, -0.1) is 0 Å². The molecule has 0 bridgehead atoms. The summed E-state index contributed by atoms with van der Waals surface area (Å²) in [6.07, 6.45) is 0.180. The second-order valence-corrected chi connectivity index (χ2v) is 10.0. The third-order valence-electron chi connectivity index (χ3n) is 7.27. The zero-order valence-corrected chi connectivity index (χ0v) is 21.0. The van der Waals surface area contributed by atoms with Crippen LogP contribution in [0.5, 0.6) is 0 Å². The predicted molar refractivity (Wildman–Crippen MR) is 127 cm³/mol. The quantitative estimate of drug-likeness (QED) is 0.143. The van der Waals surface area contributed by atoms with Gasteiger partial charge in [-0.3, -0.25) is 0 Å². The summed E-state index contributed by atoms with van der Waals surface area (Å²) in [5.74, 6) is -0.727. The highest BCUT2D eigenvalue weighted by atomic mass is 16.7. The monoisotopic (exact) mass is 508 g/mol. The van der Waals surface area contributed by atoms with Crippen molar-refractivity contribution in [3.05, 3.63) is 0 Å². The van der Waals surface area contributed by atoms with Crippen molar-refractivity contribution in [2.24, 2.45) is 5.92 Å². The van der Waals surface area contributed by atoms with Crippen molar-refractivity contribution in [1.29, 1.82) is 0 Å². The molecule has 0 unspecified atom stereocenters. The average molecular weight is 509 g/mol. The van der Waals surface area contributed by atoms with Gasteiger partial charge in [0.15, 0.2) is 6.29 Å². The van der Waals surface area contributed by atoms with Crippen LogP contribution < -0.4 is 0 Å². The molecule has 0 aromatic rings. The molecular weight excluding hydrogens is 460 g/mol. The van der Waals surface area contributed by atoms with E-state index in [1.165, 1.54) is 44.9 Å². The van der Waals surface area contributed by atoms with Crippen molar-refractivity contribution < 1.29 is 50.0 Å². The lowest BCUT2D eigenvalue weighted by molar-refractivity contribution is -0.320. The molecule has 1 saturated heterocycles. The molecule has 35 heavy (non-hydrogen) atoms. The van der Waals surface area contributed by atoms with Gasteiger partial charge in [0.2, 0.25) is 0 Å². The zero-order chi connectivity index (χ0) is 25.8. The highest BCUT2D eigenvalue weighted by molar-refractivity contribution is 4.96. The summed E-state index contributed by atoms with van der Waals surface area (Å²) in [4.78, 5) is 0. The summed E-state index contributed by atoms with van der Waals surface area (Å²) in [7, 11) is 0. The molecule has 1 aliphatic heterocycles. The Morgan fingerprint density at radius 2 is 1.29 bits per heavy atom. The van der Waals surface area contributed by atoms with Gasteiger partial charge in [-0.1, -0.05) is 64.7 Å². The van der Waals surface area contributed by atoms with Crippen molar-refractivity contribution in [2.45, 2.75) is 133 Å². The molecule has 0 aromatic heterocycles. The van der Waals surface area contributed by atoms with Gasteiger partial charge in [0.1, 0.15) is 36.6 Å². The van der Waals surface area contributed by atoms with Gasteiger partial charge in [-0.2, -0.15) is 0 Å². The van der Waals surface area contributed by atoms with Crippen LogP contribution in [-0.4, -0.2) is 111 Å². The Hall–Kier alpha value is -0.400. The van der Waals surface area contributed by atoms with E-state index in [1.807, 2.05) is 0 Å². The van der Waals surface area contributed by atoms with Gasteiger partial charge in [0.25, 0.3) is 0 Å². The van der Waals surface area contributed by atoms with Gasteiger partial charge in [0.05, 0.1) is 18.8 Å². The molecule has 1 heterocycles. The Kier molecular flexibility index (Phi) is 14.5. The molecule has 10 nitrogen and oxygen atoms in total. The van der Waals surface area contributed by atoms with E-state index in [-0.39, 0.29) is 6.42 Å². The lowest BCUT2D eigenvalue weighted by Crippen LogP contribution is -2.63. The van der Waals surface area contributed by atoms with Gasteiger partial charge in [-0.25, -0.2) is 0 Å². The second kappa shape index (κ2) is 16.4. The predicted octanol–water partition coefficient (Wildman–Crippen LogP) is 0.212. The fraction of sp³-hybridized carbons (Fsp3) is 1.00. The fourth-order valence-corrected chi connectivity index (χ4v) is 4.95. The molecule has 7 N–H and O–H groups in total. The molecule has 2 fully saturated rings. The van der Waals surface area contributed by atoms with E-state index in [4.69, 9.17) is 14.2 Å². The van der Waals surface area contributed by atoms with Crippen LogP contribution in [0, 0.1) is 5.92 Å². The molecule has 208 valence electrons. The lowest BCUT2D eigenvalue weighted by atomic mass is 9.81. The van der Waals surface area contributed by atoms with E-state index in [9.17, 15) is 35.7 Å². The third kappa shape index (κ3) is 9.14. The molecule has 0 aromatic carbocycles. The smallest absolute Gasteiger partial charge is 0.186 e. The van der Waals surface area contributed by atoms with Crippen molar-refractivity contribution in [1.82, 2.24) is 0 Å². The minimum Gasteiger partial charge on any atom is -0.396 e. The maximum absolute atomic E-state index is 10.7. The first-order chi connectivity index (χ1) is 16.8. The Bertz CT molecular complexity index is 548. The third-order valence-corrected chi connectivity index (χ3v) is 7.27. The number of ether oxygens (including phenoxy) is 3. The topological polar surface area (TPSA) is 169 Å². The van der Waals surface area contributed by atoms with E-state index in [2.05, 4.69) is 6.92 Å². The van der Waals surface area contributed by atoms with Crippen LogP contribution in [0.1, 0.15) is 77.6 Å². The summed E-state index contributed by atoms with van der Waals surface area (Å²) in [6.45, 7) is 1.61. The molecule has 0 radical (unpaired) electrons. The molecule has 2 aliphatic rings.